The predicted octanol–water partition coefficient (Wildman–Crippen LogP) is 2.06. The first-order valence-corrected chi connectivity index (χ1v) is 9.93. The number of nitrogens with zero attached hydrogens (tertiary/aromatic N) is 4. The van der Waals surface area contributed by atoms with Crippen molar-refractivity contribution in [1.29, 1.82) is 0 Å². The van der Waals surface area contributed by atoms with Crippen LogP contribution in [0.2, 0.25) is 0 Å². The fraction of sp³-hybridized carbons (Fsp3) is 0.667. The molecule has 1 atom stereocenters. The Labute approximate surface area is 162 Å². The smallest absolute Gasteiger partial charge is 0.244 e. The number of halogens is 1. The van der Waals surface area contributed by atoms with E-state index in [9.17, 15) is 9.18 Å². The fourth-order valence-electron chi connectivity index (χ4n) is 4.71. The van der Waals surface area contributed by atoms with E-state index in [1.54, 1.807) is 6.07 Å². The zero-order chi connectivity index (χ0) is 19.6. The van der Waals surface area contributed by atoms with Crippen molar-refractivity contribution < 1.29 is 9.18 Å². The Hall–Kier alpha value is -1.50. The summed E-state index contributed by atoms with van der Waals surface area (Å²) in [6.07, 6.45) is 3.17. The maximum atomic E-state index is 13.7. The van der Waals surface area contributed by atoms with Crippen LogP contribution in [0.1, 0.15) is 30.9 Å². The first-order valence-electron chi connectivity index (χ1n) is 9.93. The van der Waals surface area contributed by atoms with Crippen molar-refractivity contribution in [3.63, 3.8) is 0 Å². The average Bonchev–Trinajstić information content (AvgIpc) is 2.74. The summed E-state index contributed by atoms with van der Waals surface area (Å²) in [4.78, 5) is 22.1. The average molecular weight is 377 g/mol. The highest BCUT2D eigenvalue weighted by atomic mass is 19.1. The molecule has 2 saturated heterocycles. The molecule has 0 unspecified atom stereocenters. The van der Waals surface area contributed by atoms with Gasteiger partial charge in [-0.2, -0.15) is 0 Å². The van der Waals surface area contributed by atoms with E-state index in [0.717, 1.165) is 51.1 Å². The second-order valence-corrected chi connectivity index (χ2v) is 8.48. The van der Waals surface area contributed by atoms with Crippen molar-refractivity contribution >= 4 is 5.91 Å². The number of piperidine rings is 1. The van der Waals surface area contributed by atoms with E-state index in [0.29, 0.717) is 0 Å². The van der Waals surface area contributed by atoms with E-state index < -0.39 is 6.04 Å². The molecule has 6 heteroatoms. The number of amides is 1. The van der Waals surface area contributed by atoms with Gasteiger partial charge in [0.25, 0.3) is 0 Å². The fourth-order valence-corrected chi connectivity index (χ4v) is 4.71. The summed E-state index contributed by atoms with van der Waals surface area (Å²) in [5.74, 6) is -0.224. The van der Waals surface area contributed by atoms with Gasteiger partial charge in [-0.15, -0.1) is 0 Å². The highest BCUT2D eigenvalue weighted by Crippen LogP contribution is 2.32. The van der Waals surface area contributed by atoms with E-state index >= 15 is 0 Å². The second-order valence-electron chi connectivity index (χ2n) is 8.48. The normalized spacial score (nSPS) is 22.8. The Bertz CT molecular complexity index is 657. The van der Waals surface area contributed by atoms with Crippen LogP contribution in [0.3, 0.4) is 0 Å². The lowest BCUT2D eigenvalue weighted by Gasteiger charge is -2.48. The van der Waals surface area contributed by atoms with Crippen LogP contribution in [-0.2, 0) is 4.79 Å². The van der Waals surface area contributed by atoms with Crippen LogP contribution >= 0.6 is 0 Å². The molecule has 2 fully saturated rings. The number of hydrogen-bond acceptors (Lipinski definition) is 4. The van der Waals surface area contributed by atoms with Gasteiger partial charge < -0.3 is 9.80 Å². The molecular formula is C21H33FN4O. The molecule has 1 aromatic rings. The van der Waals surface area contributed by atoms with Crippen LogP contribution in [0.15, 0.2) is 24.3 Å². The number of likely N-dealkylation sites (N-methyl/N-ethyl adjacent to an activating group) is 3. The van der Waals surface area contributed by atoms with Crippen molar-refractivity contribution in [2.45, 2.75) is 30.8 Å². The van der Waals surface area contributed by atoms with Crippen molar-refractivity contribution in [3.8, 4) is 0 Å². The van der Waals surface area contributed by atoms with Gasteiger partial charge in [0.1, 0.15) is 11.9 Å². The van der Waals surface area contributed by atoms with Crippen LogP contribution in [0.25, 0.3) is 0 Å². The third-order valence-electron chi connectivity index (χ3n) is 6.33. The highest BCUT2D eigenvalue weighted by molar-refractivity contribution is 5.83. The summed E-state index contributed by atoms with van der Waals surface area (Å²) < 4.78 is 13.7. The first-order chi connectivity index (χ1) is 12.8. The van der Waals surface area contributed by atoms with Gasteiger partial charge in [0.2, 0.25) is 5.91 Å². The number of benzene rings is 1. The van der Waals surface area contributed by atoms with E-state index in [4.69, 9.17) is 0 Å². The van der Waals surface area contributed by atoms with Gasteiger partial charge in [0, 0.05) is 25.2 Å². The molecule has 150 valence electrons. The third-order valence-corrected chi connectivity index (χ3v) is 6.33. The van der Waals surface area contributed by atoms with Gasteiger partial charge in [-0.3, -0.25) is 14.6 Å². The SMILES string of the molecule is CN1CCCN(C)C2(CCN(C(=O)[C@@H](c3cccc(F)c3)N(C)C)CC2)C1. The molecule has 0 bridgehead atoms. The number of likely N-dealkylation sites (tertiary alicyclic amines) is 1. The van der Waals surface area contributed by atoms with Gasteiger partial charge in [-0.25, -0.2) is 4.39 Å². The van der Waals surface area contributed by atoms with E-state index in [1.807, 2.05) is 30.0 Å². The third kappa shape index (κ3) is 4.33. The highest BCUT2D eigenvalue weighted by Gasteiger charge is 2.42. The molecule has 3 rings (SSSR count). The Balaban J connectivity index is 1.73. The Kier molecular flexibility index (Phi) is 6.18. The number of carbonyl (C=O) groups is 1. The molecule has 0 radical (unpaired) electrons. The van der Waals surface area contributed by atoms with Gasteiger partial charge in [0.05, 0.1) is 0 Å². The zero-order valence-corrected chi connectivity index (χ0v) is 17.1. The summed E-state index contributed by atoms with van der Waals surface area (Å²) >= 11 is 0. The minimum Gasteiger partial charge on any atom is -0.341 e. The lowest BCUT2D eigenvalue weighted by molar-refractivity contribution is -0.139. The summed E-state index contributed by atoms with van der Waals surface area (Å²) in [5, 5.41) is 0. The summed E-state index contributed by atoms with van der Waals surface area (Å²) in [5.41, 5.74) is 0.880. The molecule has 0 N–H and O–H groups in total. The number of hydrogen-bond donors (Lipinski definition) is 0. The zero-order valence-electron chi connectivity index (χ0n) is 17.1. The molecular weight excluding hydrogens is 343 g/mol. The number of carbonyl (C=O) groups excluding carboxylic acids is 1. The molecule has 1 aromatic carbocycles. The summed E-state index contributed by atoms with van der Waals surface area (Å²) in [6, 6.07) is 5.97. The Morgan fingerprint density at radius 1 is 1.15 bits per heavy atom. The maximum Gasteiger partial charge on any atom is 0.244 e. The predicted molar refractivity (Wildman–Crippen MR) is 106 cm³/mol. The van der Waals surface area contributed by atoms with E-state index in [-0.39, 0.29) is 17.3 Å². The molecule has 1 spiro atoms. The molecule has 1 amide bonds. The standard InChI is InChI=1S/C21H33FN4O/c1-23(2)19(17-7-5-8-18(22)15-17)20(27)26-13-9-21(10-14-26)16-24(3)11-6-12-25(21)4/h5,7-8,15,19H,6,9-14,16H2,1-4H3/t19-/m1/s1. The molecule has 0 aromatic heterocycles. The van der Waals surface area contributed by atoms with Crippen LogP contribution in [0.4, 0.5) is 4.39 Å². The summed E-state index contributed by atoms with van der Waals surface area (Å²) in [6.45, 7) is 4.83. The van der Waals surface area contributed by atoms with Crippen LogP contribution < -0.4 is 0 Å². The van der Waals surface area contributed by atoms with E-state index in [1.165, 1.54) is 18.6 Å². The second kappa shape index (κ2) is 8.25. The van der Waals surface area contributed by atoms with Crippen LogP contribution in [0, 0.1) is 5.82 Å². The summed E-state index contributed by atoms with van der Waals surface area (Å²) in [7, 11) is 8.19. The molecule has 2 aliphatic heterocycles. The van der Waals surface area contributed by atoms with Gasteiger partial charge in [-0.1, -0.05) is 12.1 Å². The molecule has 27 heavy (non-hydrogen) atoms. The van der Waals surface area contributed by atoms with Gasteiger partial charge >= 0.3 is 0 Å². The van der Waals surface area contributed by atoms with Crippen molar-refractivity contribution in [3.05, 3.63) is 35.6 Å². The molecule has 2 aliphatic rings. The van der Waals surface area contributed by atoms with Crippen molar-refractivity contribution in [2.75, 3.05) is 60.9 Å². The van der Waals surface area contributed by atoms with Crippen LogP contribution in [-0.4, -0.2) is 92.0 Å². The number of rotatable bonds is 3. The topological polar surface area (TPSA) is 30.0 Å². The van der Waals surface area contributed by atoms with Crippen molar-refractivity contribution in [1.82, 2.24) is 19.6 Å². The minimum atomic E-state index is -0.440. The largest absolute Gasteiger partial charge is 0.341 e. The van der Waals surface area contributed by atoms with Crippen molar-refractivity contribution in [2.24, 2.45) is 0 Å². The minimum absolute atomic E-state index is 0.0741. The molecule has 0 aliphatic carbocycles. The van der Waals surface area contributed by atoms with Gasteiger partial charge in [0.15, 0.2) is 0 Å². The lowest BCUT2D eigenvalue weighted by Crippen LogP contribution is -2.59. The Morgan fingerprint density at radius 2 is 1.85 bits per heavy atom. The van der Waals surface area contributed by atoms with Gasteiger partial charge in [-0.05, 0) is 78.2 Å². The first kappa shape index (κ1) is 20.2. The molecule has 5 nitrogen and oxygen atoms in total. The quantitative estimate of drug-likeness (QED) is 0.808. The lowest BCUT2D eigenvalue weighted by atomic mass is 9.85. The van der Waals surface area contributed by atoms with E-state index in [2.05, 4.69) is 23.9 Å². The van der Waals surface area contributed by atoms with Crippen LogP contribution in [0.5, 0.6) is 0 Å². The monoisotopic (exact) mass is 376 g/mol. The maximum absolute atomic E-state index is 13.7. The molecule has 2 heterocycles. The molecule has 0 saturated carbocycles. The Morgan fingerprint density at radius 3 is 2.48 bits per heavy atom.